The van der Waals surface area contributed by atoms with Gasteiger partial charge in [0.05, 0.1) is 0 Å². The van der Waals surface area contributed by atoms with E-state index in [0.29, 0.717) is 0 Å². The molecule has 36 heavy (non-hydrogen) atoms. The van der Waals surface area contributed by atoms with Crippen LogP contribution in [0.5, 0.6) is 0 Å². The molecule has 4 N–H and O–H groups in total. The molecule has 0 fully saturated rings. The summed E-state index contributed by atoms with van der Waals surface area (Å²) in [5, 5.41) is 0. The predicted molar refractivity (Wildman–Crippen MR) is 76.8 cm³/mol. The average Bonchev–Trinajstić information content (AvgIpc) is 2.64. The molecule has 0 aromatic rings. The Morgan fingerprint density at radius 3 is 0.972 bits per heavy atom. The molecule has 0 rings (SSSR count). The zero-order chi connectivity index (χ0) is 29.8. The Hall–Kier alpha value is -1.48. The number of rotatable bonds is 11. The largest absolute Gasteiger partial charge is 0.435 e. The zero-order valence-electron chi connectivity index (χ0n) is 16.5. The van der Waals surface area contributed by atoms with Gasteiger partial charge in [-0.3, -0.25) is 0 Å². The molecule has 0 aliphatic rings. The fourth-order valence-corrected chi connectivity index (χ4v) is 2.68. The fourth-order valence-electron chi connectivity index (χ4n) is 2.68. The number of halogens is 20. The summed E-state index contributed by atoms with van der Waals surface area (Å²) in [5.41, 5.74) is -7.85. The van der Waals surface area contributed by atoms with E-state index in [0.717, 1.165) is 0 Å². The first kappa shape index (κ1) is 34.5. The molecule has 0 aliphatic heterocycles. The molecule has 0 amide bonds. The molecule has 0 radical (unpaired) electrons. The van der Waals surface area contributed by atoms with Gasteiger partial charge in [-0.25, -0.2) is 8.78 Å². The highest BCUT2D eigenvalue weighted by molar-refractivity contribution is 5.24. The van der Waals surface area contributed by atoms with E-state index in [9.17, 15) is 87.8 Å². The van der Waals surface area contributed by atoms with Crippen molar-refractivity contribution < 1.29 is 87.8 Å². The van der Waals surface area contributed by atoms with Crippen molar-refractivity contribution in [3.63, 3.8) is 0 Å². The first-order chi connectivity index (χ1) is 15.4. The third-order valence-corrected chi connectivity index (χ3v) is 4.79. The molecule has 0 saturated heterocycles. The maximum Gasteiger partial charge on any atom is 0.435 e. The van der Waals surface area contributed by atoms with Crippen LogP contribution in [0.3, 0.4) is 0 Å². The van der Waals surface area contributed by atoms with Crippen LogP contribution in [0.4, 0.5) is 87.8 Å². The maximum atomic E-state index is 14.4. The average molecular weight is 588 g/mol. The summed E-state index contributed by atoms with van der Waals surface area (Å²) in [5.74, 6) is -50.0. The molecule has 2 nitrogen and oxygen atoms in total. The van der Waals surface area contributed by atoms with Crippen LogP contribution in [-0.2, 0) is 0 Å². The molecule has 0 aromatic heterocycles. The quantitative estimate of drug-likeness (QED) is 0.290. The van der Waals surface area contributed by atoms with E-state index in [1.54, 1.807) is 0 Å². The second-order valence-electron chi connectivity index (χ2n) is 7.11. The van der Waals surface area contributed by atoms with E-state index in [1.165, 1.54) is 0 Å². The summed E-state index contributed by atoms with van der Waals surface area (Å²) in [6.45, 7) is -4.01. The minimum Gasteiger partial charge on any atom is -0.330 e. The number of hydrogen-bond donors (Lipinski definition) is 2. The lowest BCUT2D eigenvalue weighted by atomic mass is 9.74. The molecule has 0 spiro atoms. The van der Waals surface area contributed by atoms with Crippen LogP contribution in [0, 0.1) is 0 Å². The van der Waals surface area contributed by atoms with Gasteiger partial charge in [0.15, 0.2) is 0 Å². The second-order valence-corrected chi connectivity index (χ2v) is 7.11. The molecule has 22 heteroatoms. The third kappa shape index (κ3) is 4.22. The Bertz CT molecular complexity index is 769. The molecule has 0 heterocycles. The smallest absolute Gasteiger partial charge is 0.330 e. The highest BCUT2D eigenvalue weighted by atomic mass is 19.4. The fraction of sp³-hybridized carbons (Fsp3) is 1.00. The van der Waals surface area contributed by atoms with Crippen LogP contribution in [0.2, 0.25) is 0 Å². The summed E-state index contributed by atoms with van der Waals surface area (Å²) in [6.07, 6.45) is -22.3. The van der Waals surface area contributed by atoms with Gasteiger partial charge < -0.3 is 11.5 Å². The summed E-state index contributed by atoms with van der Waals surface area (Å²) < 4.78 is 271. The van der Waals surface area contributed by atoms with E-state index in [2.05, 4.69) is 11.5 Å². The van der Waals surface area contributed by atoms with E-state index in [1.807, 2.05) is 0 Å². The molecular weight excluding hydrogens is 576 g/mol. The zero-order valence-corrected chi connectivity index (χ0v) is 16.5. The second kappa shape index (κ2) is 9.07. The van der Waals surface area contributed by atoms with Gasteiger partial charge in [-0.05, 0) is 13.1 Å². The maximum absolute atomic E-state index is 14.4. The number of hydrogen-bond acceptors (Lipinski definition) is 2. The lowest BCUT2D eigenvalue weighted by Gasteiger charge is -2.49. The monoisotopic (exact) mass is 588 g/mol. The van der Waals surface area contributed by atoms with E-state index in [-0.39, 0.29) is 0 Å². The van der Waals surface area contributed by atoms with Crippen molar-refractivity contribution in [2.75, 3.05) is 13.1 Å². The lowest BCUT2D eigenvalue weighted by molar-refractivity contribution is -0.470. The van der Waals surface area contributed by atoms with Gasteiger partial charge in [0.2, 0.25) is 0 Å². The van der Waals surface area contributed by atoms with Crippen LogP contribution in [0.1, 0.15) is 12.8 Å². The van der Waals surface area contributed by atoms with Gasteiger partial charge in [-0.15, -0.1) is 0 Å². The van der Waals surface area contributed by atoms with Crippen molar-refractivity contribution in [2.45, 2.75) is 72.1 Å². The SMILES string of the molecule is NCCC(F)(F)C(F)(F)C(F)(F)C(F)(F)C(F)(F)C(F)(C(F)(F)F)C(F)(F)C(F)(CCN)C(F)(F)F. The Morgan fingerprint density at radius 2 is 0.694 bits per heavy atom. The number of alkyl halides is 20. The molecule has 0 aliphatic carbocycles. The molecule has 0 aromatic carbocycles. The van der Waals surface area contributed by atoms with Crippen LogP contribution >= 0.6 is 0 Å². The first-order valence-corrected chi connectivity index (χ1v) is 8.55. The van der Waals surface area contributed by atoms with E-state index in [4.69, 9.17) is 0 Å². The molecule has 2 atom stereocenters. The van der Waals surface area contributed by atoms with Gasteiger partial charge in [0.1, 0.15) is 0 Å². The molecular formula is C14H12F20N2. The molecule has 2 unspecified atom stereocenters. The van der Waals surface area contributed by atoms with E-state index < -0.39 is 85.2 Å². The number of nitrogens with two attached hydrogens (primary N) is 2. The predicted octanol–water partition coefficient (Wildman–Crippen LogP) is 6.04. The van der Waals surface area contributed by atoms with E-state index >= 15 is 0 Å². The Labute approximate surface area is 185 Å². The first-order valence-electron chi connectivity index (χ1n) is 8.55. The minimum absolute atomic E-state index is 1.82. The highest BCUT2D eigenvalue weighted by Gasteiger charge is 2.99. The molecule has 0 bridgehead atoms. The summed E-state index contributed by atoms with van der Waals surface area (Å²) in [6, 6.07) is 0. The summed E-state index contributed by atoms with van der Waals surface area (Å²) >= 11 is 0. The van der Waals surface area contributed by atoms with Gasteiger partial charge >= 0.3 is 53.6 Å². The van der Waals surface area contributed by atoms with Crippen molar-refractivity contribution in [3.8, 4) is 0 Å². The molecule has 218 valence electrons. The van der Waals surface area contributed by atoms with Crippen LogP contribution < -0.4 is 11.5 Å². The van der Waals surface area contributed by atoms with Crippen molar-refractivity contribution in [1.29, 1.82) is 0 Å². The van der Waals surface area contributed by atoms with Crippen LogP contribution in [0.25, 0.3) is 0 Å². The summed E-state index contributed by atoms with van der Waals surface area (Å²) in [7, 11) is 0. The third-order valence-electron chi connectivity index (χ3n) is 4.79. The highest BCUT2D eigenvalue weighted by Crippen LogP contribution is 2.68. The Balaban J connectivity index is 7.61. The van der Waals surface area contributed by atoms with Crippen molar-refractivity contribution in [3.05, 3.63) is 0 Å². The van der Waals surface area contributed by atoms with Crippen molar-refractivity contribution >= 4 is 0 Å². The van der Waals surface area contributed by atoms with Gasteiger partial charge in [-0.1, -0.05) is 0 Å². The van der Waals surface area contributed by atoms with Crippen molar-refractivity contribution in [1.82, 2.24) is 0 Å². The van der Waals surface area contributed by atoms with Crippen LogP contribution in [-0.4, -0.2) is 72.3 Å². The standard InChI is InChI=1S/C14H12F20N2/c15-5(1-3-35,13(29,30)31)8(19,20)7(18,14(32,33)34)10(23,24)12(27,28)11(25,26)9(21,22)6(16,17)2-4-36/h1-4,35-36H2. The lowest BCUT2D eigenvalue weighted by Crippen LogP contribution is -2.81. The topological polar surface area (TPSA) is 52.0 Å². The summed E-state index contributed by atoms with van der Waals surface area (Å²) in [4.78, 5) is 0. The van der Waals surface area contributed by atoms with Gasteiger partial charge in [0, 0.05) is 12.8 Å². The molecule has 0 saturated carbocycles. The van der Waals surface area contributed by atoms with Crippen molar-refractivity contribution in [2.24, 2.45) is 11.5 Å². The van der Waals surface area contributed by atoms with Gasteiger partial charge in [-0.2, -0.15) is 79.0 Å². The normalized spacial score (nSPS) is 19.2. The Kier molecular flexibility index (Phi) is 8.70. The van der Waals surface area contributed by atoms with Gasteiger partial charge in [0.25, 0.3) is 5.67 Å². The Morgan fingerprint density at radius 1 is 0.361 bits per heavy atom. The minimum atomic E-state index is -9.20. The van der Waals surface area contributed by atoms with Crippen LogP contribution in [0.15, 0.2) is 0 Å².